The summed E-state index contributed by atoms with van der Waals surface area (Å²) in [5.74, 6) is 0.992. The van der Waals surface area contributed by atoms with Gasteiger partial charge in [-0.2, -0.15) is 5.10 Å². The molecule has 0 spiro atoms. The molecule has 0 unspecified atom stereocenters. The third-order valence-electron chi connectivity index (χ3n) is 3.82. The zero-order valence-electron chi connectivity index (χ0n) is 11.7. The molecule has 0 radical (unpaired) electrons. The average molecular weight is 288 g/mol. The second-order valence-electron chi connectivity index (χ2n) is 5.27. The van der Waals surface area contributed by atoms with Gasteiger partial charge in [0, 0.05) is 36.8 Å². The quantitative estimate of drug-likeness (QED) is 0.939. The Morgan fingerprint density at radius 2 is 2.40 bits per heavy atom. The maximum absolute atomic E-state index is 4.21. The Hall–Kier alpha value is -1.46. The van der Waals surface area contributed by atoms with Crippen LogP contribution in [-0.2, 0) is 6.54 Å². The van der Waals surface area contributed by atoms with Crippen molar-refractivity contribution in [2.45, 2.75) is 32.4 Å². The van der Waals surface area contributed by atoms with E-state index in [1.165, 1.54) is 23.3 Å². The number of nitrogens with zero attached hydrogens (tertiary/aromatic N) is 3. The lowest BCUT2D eigenvalue weighted by Gasteiger charge is -2.33. The number of anilines is 1. The summed E-state index contributed by atoms with van der Waals surface area (Å²) in [5, 5.41) is 14.0. The fourth-order valence-corrected chi connectivity index (χ4v) is 3.49. The SMILES string of the molecule is Cc1ccsc1CN[C@H]1CCCN(c2cccnn2)C1. The first-order valence-corrected chi connectivity index (χ1v) is 8.00. The number of hydrogen-bond donors (Lipinski definition) is 1. The van der Waals surface area contributed by atoms with Gasteiger partial charge in [0.05, 0.1) is 0 Å². The molecule has 1 aliphatic heterocycles. The van der Waals surface area contributed by atoms with Gasteiger partial charge in [-0.15, -0.1) is 16.4 Å². The number of rotatable bonds is 4. The highest BCUT2D eigenvalue weighted by molar-refractivity contribution is 7.10. The minimum Gasteiger partial charge on any atom is -0.354 e. The van der Waals surface area contributed by atoms with E-state index >= 15 is 0 Å². The molecular formula is C15H20N4S. The highest BCUT2D eigenvalue weighted by Crippen LogP contribution is 2.19. The first kappa shape index (κ1) is 13.5. The Kier molecular flexibility index (Phi) is 4.28. The second kappa shape index (κ2) is 6.33. The summed E-state index contributed by atoms with van der Waals surface area (Å²) >= 11 is 1.84. The Balaban J connectivity index is 1.57. The molecule has 2 aromatic heterocycles. The molecule has 0 aliphatic carbocycles. The number of nitrogens with one attached hydrogen (secondary N) is 1. The summed E-state index contributed by atoms with van der Waals surface area (Å²) in [4.78, 5) is 3.77. The number of aryl methyl sites for hydroxylation is 1. The van der Waals surface area contributed by atoms with Crippen molar-refractivity contribution in [2.24, 2.45) is 0 Å². The molecule has 0 bridgehead atoms. The van der Waals surface area contributed by atoms with Gasteiger partial charge in [-0.05, 0) is 48.9 Å². The van der Waals surface area contributed by atoms with Crippen molar-refractivity contribution < 1.29 is 0 Å². The van der Waals surface area contributed by atoms with E-state index in [1.807, 2.05) is 23.5 Å². The topological polar surface area (TPSA) is 41.0 Å². The maximum Gasteiger partial charge on any atom is 0.151 e. The molecule has 0 saturated carbocycles. The van der Waals surface area contributed by atoms with Gasteiger partial charge in [0.15, 0.2) is 5.82 Å². The molecule has 1 N–H and O–H groups in total. The van der Waals surface area contributed by atoms with E-state index in [9.17, 15) is 0 Å². The average Bonchev–Trinajstić information content (AvgIpc) is 2.92. The maximum atomic E-state index is 4.21. The molecule has 5 heteroatoms. The van der Waals surface area contributed by atoms with E-state index < -0.39 is 0 Å². The van der Waals surface area contributed by atoms with Crippen molar-refractivity contribution in [1.29, 1.82) is 0 Å². The van der Waals surface area contributed by atoms with Crippen molar-refractivity contribution in [3.8, 4) is 0 Å². The number of hydrogen-bond acceptors (Lipinski definition) is 5. The van der Waals surface area contributed by atoms with Gasteiger partial charge >= 0.3 is 0 Å². The van der Waals surface area contributed by atoms with E-state index in [4.69, 9.17) is 0 Å². The summed E-state index contributed by atoms with van der Waals surface area (Å²) in [6, 6.07) is 6.72. The molecule has 1 aliphatic rings. The minimum absolute atomic E-state index is 0.534. The summed E-state index contributed by atoms with van der Waals surface area (Å²) in [7, 11) is 0. The lowest BCUT2D eigenvalue weighted by Crippen LogP contribution is -2.45. The Bertz CT molecular complexity index is 540. The van der Waals surface area contributed by atoms with Gasteiger partial charge in [0.1, 0.15) is 0 Å². The van der Waals surface area contributed by atoms with Crippen LogP contribution in [0.25, 0.3) is 0 Å². The summed E-state index contributed by atoms with van der Waals surface area (Å²) in [6.45, 7) is 5.25. The second-order valence-corrected chi connectivity index (χ2v) is 6.28. The molecule has 1 fully saturated rings. The van der Waals surface area contributed by atoms with Crippen LogP contribution in [-0.4, -0.2) is 29.3 Å². The molecule has 0 amide bonds. The zero-order valence-corrected chi connectivity index (χ0v) is 12.6. The van der Waals surface area contributed by atoms with Gasteiger partial charge in [-0.25, -0.2) is 0 Å². The highest BCUT2D eigenvalue weighted by Gasteiger charge is 2.20. The largest absolute Gasteiger partial charge is 0.354 e. The zero-order chi connectivity index (χ0) is 13.8. The molecule has 20 heavy (non-hydrogen) atoms. The standard InChI is InChI=1S/C15H20N4S/c1-12-6-9-20-14(12)10-16-13-4-3-8-19(11-13)15-5-2-7-17-18-15/h2,5-7,9,13,16H,3-4,8,10-11H2,1H3/t13-/m0/s1. The molecule has 3 rings (SSSR count). The van der Waals surface area contributed by atoms with E-state index in [2.05, 4.69) is 38.8 Å². The third kappa shape index (κ3) is 3.16. The van der Waals surface area contributed by atoms with E-state index in [0.717, 1.165) is 25.5 Å². The van der Waals surface area contributed by atoms with Crippen LogP contribution in [0.15, 0.2) is 29.8 Å². The smallest absolute Gasteiger partial charge is 0.151 e. The molecule has 106 valence electrons. The summed E-state index contributed by atoms with van der Waals surface area (Å²) < 4.78 is 0. The van der Waals surface area contributed by atoms with E-state index in [1.54, 1.807) is 6.20 Å². The van der Waals surface area contributed by atoms with Gasteiger partial charge < -0.3 is 10.2 Å². The molecule has 1 atom stereocenters. The van der Waals surface area contributed by atoms with Crippen LogP contribution in [0, 0.1) is 6.92 Å². The van der Waals surface area contributed by atoms with Crippen molar-refractivity contribution in [3.05, 3.63) is 40.2 Å². The Morgan fingerprint density at radius 3 is 3.15 bits per heavy atom. The predicted octanol–water partition coefficient (Wildman–Crippen LogP) is 2.61. The molecule has 1 saturated heterocycles. The van der Waals surface area contributed by atoms with Crippen LogP contribution in [0.1, 0.15) is 23.3 Å². The van der Waals surface area contributed by atoms with E-state index in [0.29, 0.717) is 6.04 Å². The van der Waals surface area contributed by atoms with Crippen molar-refractivity contribution >= 4 is 17.2 Å². The summed E-state index contributed by atoms with van der Waals surface area (Å²) in [6.07, 6.45) is 4.17. The predicted molar refractivity (Wildman–Crippen MR) is 83.2 cm³/mol. The minimum atomic E-state index is 0.534. The number of thiophene rings is 1. The Morgan fingerprint density at radius 1 is 1.45 bits per heavy atom. The van der Waals surface area contributed by atoms with Gasteiger partial charge in [-0.1, -0.05) is 0 Å². The fraction of sp³-hybridized carbons (Fsp3) is 0.467. The first-order valence-electron chi connectivity index (χ1n) is 7.12. The van der Waals surface area contributed by atoms with Crippen molar-refractivity contribution in [1.82, 2.24) is 15.5 Å². The normalized spacial score (nSPS) is 19.2. The Labute approximate surface area is 123 Å². The van der Waals surface area contributed by atoms with Crippen molar-refractivity contribution in [3.63, 3.8) is 0 Å². The molecule has 3 heterocycles. The molecule has 4 nitrogen and oxygen atoms in total. The van der Waals surface area contributed by atoms with Crippen LogP contribution in [0.4, 0.5) is 5.82 Å². The monoisotopic (exact) mass is 288 g/mol. The lowest BCUT2D eigenvalue weighted by atomic mass is 10.1. The summed E-state index contributed by atoms with van der Waals surface area (Å²) in [5.41, 5.74) is 1.39. The van der Waals surface area contributed by atoms with Crippen LogP contribution < -0.4 is 10.2 Å². The van der Waals surface area contributed by atoms with Crippen LogP contribution >= 0.6 is 11.3 Å². The van der Waals surface area contributed by atoms with E-state index in [-0.39, 0.29) is 0 Å². The third-order valence-corrected chi connectivity index (χ3v) is 4.85. The van der Waals surface area contributed by atoms with Gasteiger partial charge in [0.2, 0.25) is 0 Å². The molecule has 2 aromatic rings. The van der Waals surface area contributed by atoms with Gasteiger partial charge in [-0.3, -0.25) is 0 Å². The molecule has 0 aromatic carbocycles. The van der Waals surface area contributed by atoms with Crippen LogP contribution in [0.5, 0.6) is 0 Å². The number of piperidine rings is 1. The number of aromatic nitrogens is 2. The van der Waals surface area contributed by atoms with Gasteiger partial charge in [0.25, 0.3) is 0 Å². The van der Waals surface area contributed by atoms with Crippen LogP contribution in [0.3, 0.4) is 0 Å². The fourth-order valence-electron chi connectivity index (χ4n) is 2.64. The van der Waals surface area contributed by atoms with Crippen molar-refractivity contribution in [2.75, 3.05) is 18.0 Å². The molecular weight excluding hydrogens is 268 g/mol. The first-order chi connectivity index (χ1) is 9.83. The highest BCUT2D eigenvalue weighted by atomic mass is 32.1. The van der Waals surface area contributed by atoms with Crippen LogP contribution in [0.2, 0.25) is 0 Å². The lowest BCUT2D eigenvalue weighted by molar-refractivity contribution is 0.420.